The highest BCUT2D eigenvalue weighted by Crippen LogP contribution is 2.51. The molecule has 1 aliphatic rings. The first kappa shape index (κ1) is 25.5. The molecule has 10 rings (SSSR count). The van der Waals surface area contributed by atoms with Gasteiger partial charge in [-0.2, -0.15) is 0 Å². The molecule has 0 saturated carbocycles. The number of nitrogens with zero attached hydrogens (tertiary/aromatic N) is 1. The van der Waals surface area contributed by atoms with Crippen LogP contribution >= 0.6 is 0 Å². The molecule has 7 aromatic carbocycles. The van der Waals surface area contributed by atoms with Gasteiger partial charge in [0, 0.05) is 49.8 Å². The Labute approximate surface area is 265 Å². The number of benzene rings is 7. The highest BCUT2D eigenvalue weighted by Gasteiger charge is 2.35. The highest BCUT2D eigenvalue weighted by atomic mass is 16.3. The van der Waals surface area contributed by atoms with E-state index in [0.717, 1.165) is 66.3 Å². The van der Waals surface area contributed by atoms with Crippen LogP contribution in [0.2, 0.25) is 0 Å². The van der Waals surface area contributed by atoms with E-state index in [4.69, 9.17) is 8.83 Å². The molecule has 9 aromatic rings. The van der Waals surface area contributed by atoms with Crippen molar-refractivity contribution in [3.63, 3.8) is 0 Å². The fourth-order valence-corrected chi connectivity index (χ4v) is 7.79. The summed E-state index contributed by atoms with van der Waals surface area (Å²) in [5.74, 6) is 0. The molecule has 0 saturated heterocycles. The summed E-state index contributed by atoms with van der Waals surface area (Å²) in [4.78, 5) is 2.38. The van der Waals surface area contributed by atoms with Gasteiger partial charge in [-0.25, -0.2) is 0 Å². The molecule has 0 atom stereocenters. The van der Waals surface area contributed by atoms with Gasteiger partial charge in [0.05, 0.1) is 5.69 Å². The Hall–Kier alpha value is -5.80. The number of para-hydroxylation sites is 2. The van der Waals surface area contributed by atoms with E-state index in [1.807, 2.05) is 24.3 Å². The number of fused-ring (bicyclic) bond motifs is 10. The molecular weight excluding hydrogens is 562 g/mol. The van der Waals surface area contributed by atoms with Crippen LogP contribution in [0.1, 0.15) is 25.0 Å². The first-order chi connectivity index (χ1) is 22.5. The zero-order chi connectivity index (χ0) is 30.6. The molecule has 1 aliphatic carbocycles. The van der Waals surface area contributed by atoms with Crippen molar-refractivity contribution < 1.29 is 8.83 Å². The lowest BCUT2D eigenvalue weighted by Gasteiger charge is -2.29. The minimum atomic E-state index is -0.116. The van der Waals surface area contributed by atoms with Crippen LogP contribution in [0.15, 0.2) is 148 Å². The molecule has 0 bridgehead atoms. The topological polar surface area (TPSA) is 29.5 Å². The molecule has 0 aliphatic heterocycles. The van der Waals surface area contributed by atoms with Crippen molar-refractivity contribution in [3.05, 3.63) is 151 Å². The zero-order valence-electron chi connectivity index (χ0n) is 25.5. The Kier molecular flexibility index (Phi) is 5.06. The predicted octanol–water partition coefficient (Wildman–Crippen LogP) is 12.4. The fraction of sp³-hybridized carbons (Fsp3) is 0.0698. The van der Waals surface area contributed by atoms with Gasteiger partial charge < -0.3 is 13.7 Å². The monoisotopic (exact) mass is 591 g/mol. The van der Waals surface area contributed by atoms with Crippen molar-refractivity contribution in [3.8, 4) is 11.1 Å². The molecule has 0 unspecified atom stereocenters. The highest BCUT2D eigenvalue weighted by molar-refractivity contribution is 6.13. The predicted molar refractivity (Wildman–Crippen MR) is 191 cm³/mol. The standard InChI is InChI=1S/C43H29NO2/c1-43(2)36-14-6-3-11-29(36)30-20-18-27(23-37(30)43)44(28-19-21-33-31-12-4-7-16-39(31)45-41(33)24-28)38-15-9-10-26-22-35-32-13-5-8-17-40(32)46-42(35)25-34(26)38/h3-25H,1-2H3. The maximum Gasteiger partial charge on any atom is 0.137 e. The molecule has 46 heavy (non-hydrogen) atoms. The Morgan fingerprint density at radius 1 is 0.435 bits per heavy atom. The van der Waals surface area contributed by atoms with Gasteiger partial charge in [0.2, 0.25) is 0 Å². The quantitative estimate of drug-likeness (QED) is 0.205. The maximum atomic E-state index is 6.40. The van der Waals surface area contributed by atoms with Gasteiger partial charge in [0.25, 0.3) is 0 Å². The van der Waals surface area contributed by atoms with Gasteiger partial charge in [-0.05, 0) is 82.2 Å². The molecule has 0 radical (unpaired) electrons. The van der Waals surface area contributed by atoms with Crippen molar-refractivity contribution in [2.45, 2.75) is 19.3 Å². The van der Waals surface area contributed by atoms with E-state index in [1.165, 1.54) is 27.6 Å². The molecule has 0 amide bonds. The van der Waals surface area contributed by atoms with Crippen molar-refractivity contribution >= 4 is 71.7 Å². The molecule has 0 fully saturated rings. The van der Waals surface area contributed by atoms with Gasteiger partial charge >= 0.3 is 0 Å². The largest absolute Gasteiger partial charge is 0.456 e. The molecular formula is C43H29NO2. The normalized spacial score (nSPS) is 13.6. The molecule has 218 valence electrons. The van der Waals surface area contributed by atoms with E-state index in [9.17, 15) is 0 Å². The average molecular weight is 592 g/mol. The Morgan fingerprint density at radius 2 is 1.07 bits per heavy atom. The molecule has 3 heteroatoms. The Morgan fingerprint density at radius 3 is 1.89 bits per heavy atom. The second-order valence-corrected chi connectivity index (χ2v) is 13.0. The Balaban J connectivity index is 1.24. The lowest BCUT2D eigenvalue weighted by Crippen LogP contribution is -2.16. The summed E-state index contributed by atoms with van der Waals surface area (Å²) in [6.07, 6.45) is 0. The number of anilines is 3. The lowest BCUT2D eigenvalue weighted by atomic mass is 9.82. The summed E-state index contributed by atoms with van der Waals surface area (Å²) in [5, 5.41) is 6.81. The summed E-state index contributed by atoms with van der Waals surface area (Å²) >= 11 is 0. The number of hydrogen-bond acceptors (Lipinski definition) is 3. The third kappa shape index (κ3) is 3.48. The van der Waals surface area contributed by atoms with Crippen molar-refractivity contribution in [1.29, 1.82) is 0 Å². The van der Waals surface area contributed by atoms with Gasteiger partial charge in [-0.15, -0.1) is 0 Å². The van der Waals surface area contributed by atoms with E-state index in [-0.39, 0.29) is 5.41 Å². The second-order valence-electron chi connectivity index (χ2n) is 13.0. The van der Waals surface area contributed by atoms with Crippen LogP contribution in [0.5, 0.6) is 0 Å². The summed E-state index contributed by atoms with van der Waals surface area (Å²) in [6.45, 7) is 4.67. The third-order valence-electron chi connectivity index (χ3n) is 10.0. The number of hydrogen-bond donors (Lipinski definition) is 0. The number of rotatable bonds is 3. The van der Waals surface area contributed by atoms with Crippen molar-refractivity contribution in [2.24, 2.45) is 0 Å². The van der Waals surface area contributed by atoms with E-state index in [1.54, 1.807) is 0 Å². The van der Waals surface area contributed by atoms with Crippen LogP contribution in [0.4, 0.5) is 17.1 Å². The number of furan rings is 2. The van der Waals surface area contributed by atoms with E-state index >= 15 is 0 Å². The van der Waals surface area contributed by atoms with Crippen LogP contribution in [-0.2, 0) is 5.41 Å². The molecule has 0 spiro atoms. The summed E-state index contributed by atoms with van der Waals surface area (Å²) in [6, 6.07) is 49.9. The first-order valence-electron chi connectivity index (χ1n) is 15.8. The van der Waals surface area contributed by atoms with Crippen molar-refractivity contribution in [2.75, 3.05) is 4.90 Å². The molecule has 2 aromatic heterocycles. The summed E-state index contributed by atoms with van der Waals surface area (Å²) in [5.41, 5.74) is 12.0. The van der Waals surface area contributed by atoms with Crippen LogP contribution < -0.4 is 4.90 Å². The van der Waals surface area contributed by atoms with Crippen LogP contribution in [0.25, 0.3) is 65.8 Å². The van der Waals surface area contributed by atoms with Crippen LogP contribution in [0.3, 0.4) is 0 Å². The lowest BCUT2D eigenvalue weighted by molar-refractivity contribution is 0.660. The summed E-state index contributed by atoms with van der Waals surface area (Å²) in [7, 11) is 0. The van der Waals surface area contributed by atoms with Gasteiger partial charge in [0.15, 0.2) is 0 Å². The van der Waals surface area contributed by atoms with E-state index in [0.29, 0.717) is 0 Å². The van der Waals surface area contributed by atoms with Crippen LogP contribution in [-0.4, -0.2) is 0 Å². The van der Waals surface area contributed by atoms with Gasteiger partial charge in [0.1, 0.15) is 22.3 Å². The minimum Gasteiger partial charge on any atom is -0.456 e. The first-order valence-corrected chi connectivity index (χ1v) is 15.8. The fourth-order valence-electron chi connectivity index (χ4n) is 7.79. The smallest absolute Gasteiger partial charge is 0.137 e. The SMILES string of the molecule is CC1(C)c2ccccc2-c2ccc(N(c3ccc4c(c3)oc3ccccc34)c3cccc4cc5c(cc34)oc3ccccc35)cc21. The maximum absolute atomic E-state index is 6.40. The Bertz CT molecular complexity index is 2690. The van der Waals surface area contributed by atoms with Gasteiger partial charge in [-0.3, -0.25) is 0 Å². The minimum absolute atomic E-state index is 0.116. The molecule has 3 nitrogen and oxygen atoms in total. The second kappa shape index (κ2) is 9.12. The van der Waals surface area contributed by atoms with Gasteiger partial charge in [-0.1, -0.05) is 92.7 Å². The van der Waals surface area contributed by atoms with E-state index in [2.05, 4.69) is 134 Å². The third-order valence-corrected chi connectivity index (χ3v) is 10.0. The zero-order valence-corrected chi connectivity index (χ0v) is 25.5. The van der Waals surface area contributed by atoms with E-state index < -0.39 is 0 Å². The molecule has 2 heterocycles. The van der Waals surface area contributed by atoms with Crippen molar-refractivity contribution in [1.82, 2.24) is 0 Å². The molecule has 0 N–H and O–H groups in total. The van der Waals surface area contributed by atoms with Crippen LogP contribution in [0, 0.1) is 0 Å². The summed E-state index contributed by atoms with van der Waals surface area (Å²) < 4.78 is 12.8. The average Bonchev–Trinajstić information content (AvgIpc) is 3.71.